The monoisotopic (exact) mass is 387 g/mol. The molecule has 0 aliphatic carbocycles. The summed E-state index contributed by atoms with van der Waals surface area (Å²) >= 11 is 4.83. The standard InChI is InChI=1S/C17H17N5O2S2/c18-17(25)20-11-13-10-16(12-4-2-1-3-5-12)22(21-13)14-6-8-15(9-7-14)26(19,23)24/h1-10H,11H2,(H3,18,20,25)(H2,19,23,24). The molecule has 5 N–H and O–H groups in total. The number of rotatable bonds is 5. The zero-order valence-corrected chi connectivity index (χ0v) is 15.3. The zero-order valence-electron chi connectivity index (χ0n) is 13.7. The third kappa shape index (κ3) is 4.07. The van der Waals surface area contributed by atoms with Crippen molar-refractivity contribution in [2.75, 3.05) is 0 Å². The van der Waals surface area contributed by atoms with Gasteiger partial charge in [0.05, 0.1) is 28.5 Å². The Labute approximate surface area is 156 Å². The summed E-state index contributed by atoms with van der Waals surface area (Å²) in [6.45, 7) is 0.386. The highest BCUT2D eigenvalue weighted by Crippen LogP contribution is 2.24. The summed E-state index contributed by atoms with van der Waals surface area (Å²) < 4.78 is 24.6. The molecule has 0 fully saturated rings. The van der Waals surface area contributed by atoms with E-state index in [1.165, 1.54) is 12.1 Å². The molecule has 134 valence electrons. The Morgan fingerprint density at radius 1 is 1.12 bits per heavy atom. The fourth-order valence-electron chi connectivity index (χ4n) is 2.48. The van der Waals surface area contributed by atoms with E-state index < -0.39 is 10.0 Å². The minimum atomic E-state index is -3.74. The van der Waals surface area contributed by atoms with Gasteiger partial charge in [-0.3, -0.25) is 0 Å². The van der Waals surface area contributed by atoms with Crippen molar-refractivity contribution in [2.45, 2.75) is 11.4 Å². The SMILES string of the molecule is NC(=S)NCc1cc(-c2ccccc2)n(-c2ccc(S(N)(=O)=O)cc2)n1. The Balaban J connectivity index is 2.05. The van der Waals surface area contributed by atoms with Crippen LogP contribution in [0.15, 0.2) is 65.6 Å². The number of hydrogen-bond donors (Lipinski definition) is 3. The number of primary sulfonamides is 1. The van der Waals surface area contributed by atoms with Gasteiger partial charge in [0.25, 0.3) is 0 Å². The Morgan fingerprint density at radius 2 is 1.77 bits per heavy atom. The van der Waals surface area contributed by atoms with Gasteiger partial charge in [-0.2, -0.15) is 5.10 Å². The van der Waals surface area contributed by atoms with Crippen molar-refractivity contribution < 1.29 is 8.42 Å². The highest BCUT2D eigenvalue weighted by Gasteiger charge is 2.13. The van der Waals surface area contributed by atoms with E-state index in [0.29, 0.717) is 12.2 Å². The molecule has 0 aliphatic rings. The first-order chi connectivity index (χ1) is 12.3. The molecule has 0 bridgehead atoms. The highest BCUT2D eigenvalue weighted by atomic mass is 32.2. The quantitative estimate of drug-likeness (QED) is 0.572. The molecule has 0 saturated carbocycles. The van der Waals surface area contributed by atoms with Gasteiger partial charge in [0, 0.05) is 5.56 Å². The summed E-state index contributed by atoms with van der Waals surface area (Å²) in [4.78, 5) is 0.0463. The highest BCUT2D eigenvalue weighted by molar-refractivity contribution is 7.89. The summed E-state index contributed by atoms with van der Waals surface area (Å²) in [6, 6.07) is 17.9. The van der Waals surface area contributed by atoms with Crippen molar-refractivity contribution in [2.24, 2.45) is 10.9 Å². The lowest BCUT2D eigenvalue weighted by atomic mass is 10.1. The molecule has 0 amide bonds. The molecule has 3 aromatic rings. The Kier molecular flexibility index (Phi) is 5.03. The second kappa shape index (κ2) is 7.24. The van der Waals surface area contributed by atoms with Crippen LogP contribution in [0.3, 0.4) is 0 Å². The second-order valence-corrected chi connectivity index (χ2v) is 7.56. The normalized spacial score (nSPS) is 11.3. The molecule has 0 saturated heterocycles. The molecule has 2 aromatic carbocycles. The van der Waals surface area contributed by atoms with Crippen LogP contribution in [-0.4, -0.2) is 23.3 Å². The van der Waals surface area contributed by atoms with E-state index in [9.17, 15) is 8.42 Å². The number of hydrogen-bond acceptors (Lipinski definition) is 4. The van der Waals surface area contributed by atoms with E-state index in [0.717, 1.165) is 17.0 Å². The molecular formula is C17H17N5O2S2. The van der Waals surface area contributed by atoms with E-state index in [2.05, 4.69) is 10.4 Å². The van der Waals surface area contributed by atoms with E-state index in [1.807, 2.05) is 36.4 Å². The largest absolute Gasteiger partial charge is 0.376 e. The van der Waals surface area contributed by atoms with Crippen LogP contribution in [0.1, 0.15) is 5.69 Å². The summed E-state index contributed by atoms with van der Waals surface area (Å²) in [5.74, 6) is 0. The van der Waals surface area contributed by atoms with Crippen molar-refractivity contribution in [3.8, 4) is 16.9 Å². The van der Waals surface area contributed by atoms with Crippen LogP contribution in [-0.2, 0) is 16.6 Å². The first kappa shape index (κ1) is 18.1. The minimum Gasteiger partial charge on any atom is -0.376 e. The van der Waals surface area contributed by atoms with Crippen LogP contribution >= 0.6 is 12.2 Å². The maximum Gasteiger partial charge on any atom is 0.238 e. The number of sulfonamides is 1. The molecule has 0 aliphatic heterocycles. The minimum absolute atomic E-state index is 0.0463. The van der Waals surface area contributed by atoms with Gasteiger partial charge in [-0.25, -0.2) is 18.2 Å². The third-order valence-corrected chi connectivity index (χ3v) is 4.76. The van der Waals surface area contributed by atoms with Crippen LogP contribution in [0.2, 0.25) is 0 Å². The number of nitrogens with one attached hydrogen (secondary N) is 1. The predicted molar refractivity (Wildman–Crippen MR) is 104 cm³/mol. The van der Waals surface area contributed by atoms with Crippen molar-refractivity contribution in [3.05, 3.63) is 66.4 Å². The molecule has 0 unspecified atom stereocenters. The molecule has 0 radical (unpaired) electrons. The van der Waals surface area contributed by atoms with Gasteiger partial charge in [-0.15, -0.1) is 0 Å². The summed E-state index contributed by atoms with van der Waals surface area (Å²) in [5.41, 5.74) is 8.76. The molecule has 0 atom stereocenters. The van der Waals surface area contributed by atoms with Gasteiger partial charge in [-0.05, 0) is 42.5 Å². The maximum atomic E-state index is 11.4. The van der Waals surface area contributed by atoms with Crippen molar-refractivity contribution >= 4 is 27.4 Å². The van der Waals surface area contributed by atoms with Gasteiger partial charge in [-0.1, -0.05) is 30.3 Å². The molecule has 1 aromatic heterocycles. The van der Waals surface area contributed by atoms with E-state index >= 15 is 0 Å². The lowest BCUT2D eigenvalue weighted by Crippen LogP contribution is -2.28. The van der Waals surface area contributed by atoms with Crippen molar-refractivity contribution in [3.63, 3.8) is 0 Å². The summed E-state index contributed by atoms with van der Waals surface area (Å²) in [7, 11) is -3.74. The van der Waals surface area contributed by atoms with E-state index in [-0.39, 0.29) is 10.0 Å². The molecule has 7 nitrogen and oxygen atoms in total. The van der Waals surface area contributed by atoms with Crippen molar-refractivity contribution in [1.29, 1.82) is 0 Å². The predicted octanol–water partition coefficient (Wildman–Crippen LogP) is 1.52. The Hall–Kier alpha value is -2.75. The topological polar surface area (TPSA) is 116 Å². The van der Waals surface area contributed by atoms with Crippen LogP contribution in [0.25, 0.3) is 16.9 Å². The Bertz CT molecular complexity index is 1030. The van der Waals surface area contributed by atoms with E-state index in [4.69, 9.17) is 23.1 Å². The van der Waals surface area contributed by atoms with Gasteiger partial charge in [0.15, 0.2) is 5.11 Å². The molecule has 1 heterocycles. The van der Waals surface area contributed by atoms with Gasteiger partial charge < -0.3 is 11.1 Å². The number of nitrogens with zero attached hydrogens (tertiary/aromatic N) is 2. The number of thiocarbonyl (C=S) groups is 1. The third-order valence-electron chi connectivity index (χ3n) is 3.68. The lowest BCUT2D eigenvalue weighted by molar-refractivity contribution is 0.598. The van der Waals surface area contributed by atoms with Crippen molar-refractivity contribution in [1.82, 2.24) is 15.1 Å². The Morgan fingerprint density at radius 3 is 2.35 bits per heavy atom. The average Bonchev–Trinajstić information content (AvgIpc) is 3.04. The fourth-order valence-corrected chi connectivity index (χ4v) is 3.07. The first-order valence-corrected chi connectivity index (χ1v) is 9.61. The van der Waals surface area contributed by atoms with Gasteiger partial charge in [0.2, 0.25) is 10.0 Å². The first-order valence-electron chi connectivity index (χ1n) is 7.65. The number of benzene rings is 2. The molecule has 3 rings (SSSR count). The van der Waals surface area contributed by atoms with E-state index in [1.54, 1.807) is 16.8 Å². The molecule has 9 heteroatoms. The number of aromatic nitrogens is 2. The smallest absolute Gasteiger partial charge is 0.238 e. The lowest BCUT2D eigenvalue weighted by Gasteiger charge is -2.08. The van der Waals surface area contributed by atoms with Gasteiger partial charge >= 0.3 is 0 Å². The molecule has 26 heavy (non-hydrogen) atoms. The van der Waals surface area contributed by atoms with Crippen LogP contribution < -0.4 is 16.2 Å². The van der Waals surface area contributed by atoms with Crippen LogP contribution in [0.4, 0.5) is 0 Å². The molecule has 0 spiro atoms. The fraction of sp³-hybridized carbons (Fsp3) is 0.0588. The average molecular weight is 387 g/mol. The van der Waals surface area contributed by atoms with Crippen LogP contribution in [0, 0.1) is 0 Å². The van der Waals surface area contributed by atoms with Gasteiger partial charge in [0.1, 0.15) is 0 Å². The summed E-state index contributed by atoms with van der Waals surface area (Å²) in [5, 5.41) is 12.8. The second-order valence-electron chi connectivity index (χ2n) is 5.56. The summed E-state index contributed by atoms with van der Waals surface area (Å²) in [6.07, 6.45) is 0. The van der Waals surface area contributed by atoms with Crippen LogP contribution in [0.5, 0.6) is 0 Å². The maximum absolute atomic E-state index is 11.4. The number of nitrogens with two attached hydrogens (primary N) is 2. The zero-order chi connectivity index (χ0) is 18.7. The molecular weight excluding hydrogens is 370 g/mol.